The predicted octanol–water partition coefficient (Wildman–Crippen LogP) is 5.45. The second-order valence-corrected chi connectivity index (χ2v) is 8.69. The van der Waals surface area contributed by atoms with Gasteiger partial charge in [-0.2, -0.15) is 5.10 Å². The first-order valence-electron chi connectivity index (χ1n) is 8.72. The summed E-state index contributed by atoms with van der Waals surface area (Å²) in [5.74, 6) is 0. The number of hydrogen-bond acceptors (Lipinski definition) is 2. The molecule has 0 bridgehead atoms. The molecule has 0 aliphatic heterocycles. The largest absolute Gasteiger partial charge is 0.255 e. The molecule has 0 N–H and O–H groups in total. The lowest BCUT2D eigenvalue weighted by Crippen LogP contribution is -2.10. The van der Waals surface area contributed by atoms with Crippen molar-refractivity contribution in [3.8, 4) is 11.4 Å². The van der Waals surface area contributed by atoms with Gasteiger partial charge in [-0.1, -0.05) is 30.7 Å². The van der Waals surface area contributed by atoms with Gasteiger partial charge < -0.3 is 0 Å². The van der Waals surface area contributed by atoms with Crippen molar-refractivity contribution in [1.82, 2.24) is 14.8 Å². The van der Waals surface area contributed by atoms with Crippen LogP contribution in [0.1, 0.15) is 38.4 Å². The van der Waals surface area contributed by atoms with Crippen molar-refractivity contribution >= 4 is 15.4 Å². The van der Waals surface area contributed by atoms with Crippen LogP contribution in [0.5, 0.6) is 0 Å². The summed E-state index contributed by atoms with van der Waals surface area (Å²) >= 11 is 0. The van der Waals surface area contributed by atoms with E-state index in [0.717, 1.165) is 17.1 Å². The van der Waals surface area contributed by atoms with Crippen LogP contribution in [0.4, 0.5) is 4.39 Å². The number of halogens is 1. The molecule has 1 aliphatic carbocycles. The number of allylic oxidation sites excluding steroid dienone is 5. The Morgan fingerprint density at radius 2 is 2.00 bits per heavy atom. The number of aryl methyl sites for hydroxylation is 1. The van der Waals surface area contributed by atoms with Gasteiger partial charge in [0.2, 0.25) is 0 Å². The highest BCUT2D eigenvalue weighted by Gasteiger charge is 2.64. The first kappa shape index (κ1) is 18.7. The van der Waals surface area contributed by atoms with Gasteiger partial charge in [-0.15, -0.1) is 9.24 Å². The number of nitrogens with zero attached hydrogens (tertiary/aromatic N) is 3. The van der Waals surface area contributed by atoms with Gasteiger partial charge in [0, 0.05) is 17.6 Å². The molecule has 2 aromatic heterocycles. The van der Waals surface area contributed by atoms with E-state index in [1.165, 1.54) is 5.57 Å². The van der Waals surface area contributed by atoms with Crippen LogP contribution in [0.25, 0.3) is 17.6 Å². The summed E-state index contributed by atoms with van der Waals surface area (Å²) in [6, 6.07) is 5.58. The van der Waals surface area contributed by atoms with Crippen LogP contribution in [0.3, 0.4) is 0 Å². The number of pyridine rings is 1. The Bertz CT molecular complexity index is 904. The Hall–Kier alpha value is -2.06. The van der Waals surface area contributed by atoms with Crippen molar-refractivity contribution in [2.75, 3.05) is 0 Å². The normalized spacial score (nSPS) is 25.2. The highest BCUT2D eigenvalue weighted by Crippen LogP contribution is 2.64. The Morgan fingerprint density at radius 3 is 2.65 bits per heavy atom. The number of hydrogen-bond donors (Lipinski definition) is 0. The fraction of sp³-hybridized carbons (Fsp3) is 0.333. The molecule has 0 amide bonds. The van der Waals surface area contributed by atoms with E-state index in [-0.39, 0.29) is 0 Å². The van der Waals surface area contributed by atoms with Crippen molar-refractivity contribution in [3.05, 3.63) is 65.5 Å². The van der Waals surface area contributed by atoms with E-state index in [2.05, 4.69) is 33.2 Å². The molecule has 1 aliphatic rings. The second kappa shape index (κ2) is 6.92. The molecule has 2 heterocycles. The summed E-state index contributed by atoms with van der Waals surface area (Å²) in [6.07, 6.45) is 12.0. The Kier molecular flexibility index (Phi) is 4.98. The van der Waals surface area contributed by atoms with Crippen molar-refractivity contribution in [3.63, 3.8) is 0 Å². The maximum Gasteiger partial charge on any atom is 0.145 e. The zero-order chi connectivity index (χ0) is 18.9. The summed E-state index contributed by atoms with van der Waals surface area (Å²) in [5.41, 5.74) is 3.10. The van der Waals surface area contributed by atoms with Crippen LogP contribution >= 0.6 is 9.24 Å². The smallest absolute Gasteiger partial charge is 0.145 e. The summed E-state index contributed by atoms with van der Waals surface area (Å²) in [7, 11) is 2.63. The van der Waals surface area contributed by atoms with E-state index in [1.807, 2.05) is 56.5 Å². The molecule has 3 atom stereocenters. The molecule has 2 aromatic rings. The van der Waals surface area contributed by atoms with E-state index < -0.39 is 10.8 Å². The van der Waals surface area contributed by atoms with Gasteiger partial charge >= 0.3 is 0 Å². The fourth-order valence-corrected chi connectivity index (χ4v) is 3.42. The van der Waals surface area contributed by atoms with E-state index >= 15 is 4.39 Å². The van der Waals surface area contributed by atoms with Crippen molar-refractivity contribution < 1.29 is 4.39 Å². The van der Waals surface area contributed by atoms with Gasteiger partial charge in [0.1, 0.15) is 5.67 Å². The zero-order valence-electron chi connectivity index (χ0n) is 15.7. The molecule has 1 saturated carbocycles. The van der Waals surface area contributed by atoms with Crippen molar-refractivity contribution in [1.29, 1.82) is 0 Å². The van der Waals surface area contributed by atoms with Crippen LogP contribution < -0.4 is 0 Å². The highest BCUT2D eigenvalue weighted by molar-refractivity contribution is 7.19. The number of aromatic nitrogens is 3. The third-order valence-electron chi connectivity index (χ3n) is 4.61. The second-order valence-electron chi connectivity index (χ2n) is 7.41. The van der Waals surface area contributed by atoms with Crippen LogP contribution in [-0.4, -0.2) is 19.9 Å². The maximum absolute atomic E-state index is 15.1. The molecular weight excluding hydrogens is 344 g/mol. The quantitative estimate of drug-likeness (QED) is 0.518. The molecular formula is C21H25FN3P. The first-order valence-corrected chi connectivity index (χ1v) is 9.30. The molecule has 1 fully saturated rings. The lowest BCUT2D eigenvalue weighted by Gasteiger charge is -2.12. The lowest BCUT2D eigenvalue weighted by atomic mass is 10.1. The minimum absolute atomic E-state index is 0.391. The van der Waals surface area contributed by atoms with Crippen molar-refractivity contribution in [2.24, 2.45) is 0 Å². The average molecular weight is 369 g/mol. The van der Waals surface area contributed by atoms with Crippen LogP contribution in [0, 0.1) is 6.92 Å². The van der Waals surface area contributed by atoms with Gasteiger partial charge in [0.05, 0.1) is 17.1 Å². The molecule has 3 nitrogen and oxygen atoms in total. The maximum atomic E-state index is 15.1. The minimum atomic E-state index is -1.29. The van der Waals surface area contributed by atoms with E-state index in [4.69, 9.17) is 0 Å². The molecule has 0 radical (unpaired) electrons. The van der Waals surface area contributed by atoms with Gasteiger partial charge in [-0.25, -0.2) is 9.07 Å². The topological polar surface area (TPSA) is 30.7 Å². The molecule has 3 rings (SSSR count). The first-order chi connectivity index (χ1) is 12.2. The Labute approximate surface area is 156 Å². The SMILES string of the molecule is CC(C)=C/C=C\C=C\n1nc(C)cc1-c1cc(C2(F)CC2(C)P)ccn1. The summed E-state index contributed by atoms with van der Waals surface area (Å²) in [5, 5.41) is 4.11. The molecule has 0 aromatic carbocycles. The third-order valence-corrected chi connectivity index (χ3v) is 5.27. The summed E-state index contributed by atoms with van der Waals surface area (Å²) in [6.45, 7) is 7.97. The Balaban J connectivity index is 1.90. The third kappa shape index (κ3) is 3.71. The van der Waals surface area contributed by atoms with Crippen LogP contribution in [0.15, 0.2) is 54.3 Å². The van der Waals surface area contributed by atoms with Crippen molar-refractivity contribution in [2.45, 2.75) is 44.9 Å². The fourth-order valence-electron chi connectivity index (χ4n) is 2.98. The molecule has 3 unspecified atom stereocenters. The van der Waals surface area contributed by atoms with Gasteiger partial charge in [-0.3, -0.25) is 4.98 Å². The molecule has 0 saturated heterocycles. The summed E-state index contributed by atoms with van der Waals surface area (Å²) in [4.78, 5) is 4.44. The molecule has 0 spiro atoms. The summed E-state index contributed by atoms with van der Waals surface area (Å²) < 4.78 is 16.8. The lowest BCUT2D eigenvalue weighted by molar-refractivity contribution is 0.301. The van der Waals surface area contributed by atoms with Gasteiger partial charge in [0.15, 0.2) is 0 Å². The molecule has 136 valence electrons. The average Bonchev–Trinajstić information content (AvgIpc) is 2.90. The standard InChI is InChI=1S/C21H25FN3P/c1-15(2)8-6-5-7-11-25-19(12-16(3)24-25)18-13-17(9-10-23-18)21(22)14-20(21,4)26/h5-13H,14,26H2,1-4H3/b6-5-,11-7+. The minimum Gasteiger partial charge on any atom is -0.255 e. The predicted molar refractivity (Wildman–Crippen MR) is 110 cm³/mol. The number of rotatable bonds is 5. The highest BCUT2D eigenvalue weighted by atomic mass is 31.0. The monoisotopic (exact) mass is 369 g/mol. The zero-order valence-corrected chi connectivity index (χ0v) is 16.9. The number of alkyl halides is 1. The molecule has 5 heteroatoms. The van der Waals surface area contributed by atoms with E-state index in [1.54, 1.807) is 16.9 Å². The molecule has 26 heavy (non-hydrogen) atoms. The van der Waals surface area contributed by atoms with Gasteiger partial charge in [0.25, 0.3) is 0 Å². The van der Waals surface area contributed by atoms with E-state index in [9.17, 15) is 0 Å². The van der Waals surface area contributed by atoms with Gasteiger partial charge in [-0.05, 0) is 57.0 Å². The Morgan fingerprint density at radius 1 is 1.27 bits per heavy atom. The van der Waals surface area contributed by atoms with E-state index in [0.29, 0.717) is 12.0 Å². The van der Waals surface area contributed by atoms with Crippen LogP contribution in [-0.2, 0) is 5.67 Å². The van der Waals surface area contributed by atoms with Crippen LogP contribution in [0.2, 0.25) is 0 Å².